The lowest BCUT2D eigenvalue weighted by Gasteiger charge is -2.41. The third-order valence-corrected chi connectivity index (χ3v) is 3.54. The van der Waals surface area contributed by atoms with Crippen LogP contribution in [0.15, 0.2) is 27.6 Å². The van der Waals surface area contributed by atoms with Crippen molar-refractivity contribution in [1.82, 2.24) is 4.90 Å². The van der Waals surface area contributed by atoms with Gasteiger partial charge in [-0.05, 0) is 32.3 Å². The molecule has 1 aliphatic rings. The second-order valence-electron chi connectivity index (χ2n) is 4.84. The molecule has 1 N–H and O–H groups in total. The van der Waals surface area contributed by atoms with Crippen LogP contribution in [0.4, 0.5) is 0 Å². The molecule has 1 atom stereocenters. The molecule has 2 heterocycles. The highest BCUT2D eigenvalue weighted by atomic mass is 16.4. The van der Waals surface area contributed by atoms with Crippen LogP contribution in [-0.4, -0.2) is 34.0 Å². The number of piperidine rings is 1. The van der Waals surface area contributed by atoms with Gasteiger partial charge < -0.3 is 14.4 Å². The first-order valence-corrected chi connectivity index (χ1v) is 6.09. The van der Waals surface area contributed by atoms with E-state index in [4.69, 9.17) is 0 Å². The summed E-state index contributed by atoms with van der Waals surface area (Å²) in [6, 6.07) is 2.50. The molecule has 0 bridgehead atoms. The molecule has 1 saturated heterocycles. The van der Waals surface area contributed by atoms with Gasteiger partial charge in [0.2, 0.25) is 0 Å². The summed E-state index contributed by atoms with van der Waals surface area (Å²) in [6.45, 7) is 1.94. The smallest absolute Gasteiger partial charge is 0.335 e. The minimum atomic E-state index is -1.20. The van der Waals surface area contributed by atoms with Crippen LogP contribution in [0.1, 0.15) is 36.5 Å². The molecule has 1 amide bonds. The summed E-state index contributed by atoms with van der Waals surface area (Å²) in [5.41, 5.74) is -1.56. The van der Waals surface area contributed by atoms with Gasteiger partial charge in [0.1, 0.15) is 11.8 Å². The summed E-state index contributed by atoms with van der Waals surface area (Å²) in [5, 5.41) is 9.34. The average molecular weight is 265 g/mol. The Kier molecular flexibility index (Phi) is 3.42. The number of carboxylic acids is 1. The van der Waals surface area contributed by atoms with Gasteiger partial charge >= 0.3 is 11.6 Å². The maximum Gasteiger partial charge on any atom is 0.335 e. The lowest BCUT2D eigenvalue weighted by molar-refractivity contribution is -0.150. The van der Waals surface area contributed by atoms with Gasteiger partial charge in [0.15, 0.2) is 0 Å². The largest absolute Gasteiger partial charge is 0.480 e. The molecule has 0 spiro atoms. The fourth-order valence-electron chi connectivity index (χ4n) is 2.30. The van der Waals surface area contributed by atoms with Crippen molar-refractivity contribution < 1.29 is 19.1 Å². The Morgan fingerprint density at radius 2 is 2.11 bits per heavy atom. The summed E-state index contributed by atoms with van der Waals surface area (Å²) in [5.74, 6) is -1.44. The zero-order chi connectivity index (χ0) is 14.0. The Morgan fingerprint density at radius 3 is 2.68 bits per heavy atom. The molecule has 1 unspecified atom stereocenters. The zero-order valence-corrected chi connectivity index (χ0v) is 10.6. The van der Waals surface area contributed by atoms with E-state index in [0.29, 0.717) is 13.0 Å². The minimum Gasteiger partial charge on any atom is -0.480 e. The highest BCUT2D eigenvalue weighted by Gasteiger charge is 2.44. The van der Waals surface area contributed by atoms with Crippen molar-refractivity contribution >= 4 is 11.9 Å². The van der Waals surface area contributed by atoms with E-state index in [2.05, 4.69) is 4.42 Å². The topological polar surface area (TPSA) is 87.8 Å². The van der Waals surface area contributed by atoms with Crippen LogP contribution < -0.4 is 5.63 Å². The quantitative estimate of drug-likeness (QED) is 0.865. The summed E-state index contributed by atoms with van der Waals surface area (Å²) in [7, 11) is 0. The lowest BCUT2D eigenvalue weighted by atomic mass is 9.88. The maximum atomic E-state index is 12.3. The second-order valence-corrected chi connectivity index (χ2v) is 4.84. The van der Waals surface area contributed by atoms with E-state index in [0.717, 1.165) is 25.2 Å². The summed E-state index contributed by atoms with van der Waals surface area (Å²) in [6.07, 6.45) is 3.04. The molecule has 0 radical (unpaired) electrons. The van der Waals surface area contributed by atoms with Gasteiger partial charge in [-0.1, -0.05) is 0 Å². The third kappa shape index (κ3) is 2.38. The summed E-state index contributed by atoms with van der Waals surface area (Å²) >= 11 is 0. The van der Waals surface area contributed by atoms with Crippen molar-refractivity contribution in [3.63, 3.8) is 0 Å². The van der Waals surface area contributed by atoms with E-state index in [1.165, 1.54) is 11.0 Å². The second kappa shape index (κ2) is 4.87. The van der Waals surface area contributed by atoms with Crippen molar-refractivity contribution in [2.75, 3.05) is 6.54 Å². The lowest BCUT2D eigenvalue weighted by Crippen LogP contribution is -2.57. The number of rotatable bonds is 2. The van der Waals surface area contributed by atoms with Crippen molar-refractivity contribution in [2.24, 2.45) is 0 Å². The molecule has 2 rings (SSSR count). The van der Waals surface area contributed by atoms with Crippen LogP contribution in [-0.2, 0) is 4.79 Å². The maximum absolute atomic E-state index is 12.3. The first-order valence-electron chi connectivity index (χ1n) is 6.09. The molecule has 1 aromatic rings. The number of hydrogen-bond acceptors (Lipinski definition) is 4. The van der Waals surface area contributed by atoms with E-state index < -0.39 is 23.0 Å². The van der Waals surface area contributed by atoms with Gasteiger partial charge in [-0.3, -0.25) is 4.79 Å². The van der Waals surface area contributed by atoms with Crippen LogP contribution in [0.5, 0.6) is 0 Å². The van der Waals surface area contributed by atoms with Crippen LogP contribution in [0, 0.1) is 0 Å². The summed E-state index contributed by atoms with van der Waals surface area (Å²) in [4.78, 5) is 36.0. The molecular formula is C13H15NO5. The minimum absolute atomic E-state index is 0.189. The fraction of sp³-hybridized carbons (Fsp3) is 0.462. The van der Waals surface area contributed by atoms with E-state index >= 15 is 0 Å². The Bertz CT molecular complexity index is 544. The summed E-state index contributed by atoms with van der Waals surface area (Å²) < 4.78 is 4.65. The molecule has 0 aromatic carbocycles. The van der Waals surface area contributed by atoms with Gasteiger partial charge in [0.05, 0.1) is 5.56 Å². The molecular weight excluding hydrogens is 250 g/mol. The average Bonchev–Trinajstić information content (AvgIpc) is 2.39. The van der Waals surface area contributed by atoms with Crippen molar-refractivity contribution in [2.45, 2.75) is 31.7 Å². The molecule has 6 heteroatoms. The first kappa shape index (κ1) is 13.3. The molecule has 102 valence electrons. The van der Waals surface area contributed by atoms with Crippen molar-refractivity contribution in [1.29, 1.82) is 0 Å². The van der Waals surface area contributed by atoms with Crippen LogP contribution in [0.25, 0.3) is 0 Å². The van der Waals surface area contributed by atoms with Gasteiger partial charge in [-0.15, -0.1) is 0 Å². The van der Waals surface area contributed by atoms with E-state index in [9.17, 15) is 19.5 Å². The predicted octanol–water partition coefficient (Wildman–Crippen LogP) is 1.11. The highest BCUT2D eigenvalue weighted by Crippen LogP contribution is 2.29. The van der Waals surface area contributed by atoms with Crippen LogP contribution >= 0.6 is 0 Å². The SMILES string of the molecule is CC1(C(=O)O)CCCCN1C(=O)c1ccc(=O)oc1. The highest BCUT2D eigenvalue weighted by molar-refractivity contribution is 5.97. The Balaban J connectivity index is 2.33. The van der Waals surface area contributed by atoms with Gasteiger partial charge in [-0.25, -0.2) is 9.59 Å². The van der Waals surface area contributed by atoms with E-state index in [1.807, 2.05) is 0 Å². The van der Waals surface area contributed by atoms with Crippen molar-refractivity contribution in [3.8, 4) is 0 Å². The van der Waals surface area contributed by atoms with Crippen molar-refractivity contribution in [3.05, 3.63) is 34.4 Å². The molecule has 1 aliphatic heterocycles. The van der Waals surface area contributed by atoms with E-state index in [-0.39, 0.29) is 5.56 Å². The molecule has 1 aromatic heterocycles. The number of carboxylic acid groups (broad SMARTS) is 1. The number of nitrogens with zero attached hydrogens (tertiary/aromatic N) is 1. The molecule has 1 fully saturated rings. The van der Waals surface area contributed by atoms with Crippen LogP contribution in [0.2, 0.25) is 0 Å². The van der Waals surface area contributed by atoms with E-state index in [1.54, 1.807) is 6.92 Å². The number of aliphatic carboxylic acids is 1. The molecule has 0 aliphatic carbocycles. The first-order chi connectivity index (χ1) is 8.95. The number of likely N-dealkylation sites (tertiary alicyclic amines) is 1. The Labute approximate surface area is 109 Å². The number of carbonyl (C=O) groups is 2. The molecule has 19 heavy (non-hydrogen) atoms. The fourth-order valence-corrected chi connectivity index (χ4v) is 2.30. The number of carbonyl (C=O) groups excluding carboxylic acids is 1. The molecule has 6 nitrogen and oxygen atoms in total. The molecule has 0 saturated carbocycles. The monoisotopic (exact) mass is 265 g/mol. The normalized spacial score (nSPS) is 23.1. The van der Waals surface area contributed by atoms with Gasteiger partial charge in [-0.2, -0.15) is 0 Å². The third-order valence-electron chi connectivity index (χ3n) is 3.54. The standard InChI is InChI=1S/C13H15NO5/c1-13(12(17)18)6-2-3-7-14(13)11(16)9-4-5-10(15)19-8-9/h4-5,8H,2-3,6-7H2,1H3,(H,17,18). The van der Waals surface area contributed by atoms with Gasteiger partial charge in [0.25, 0.3) is 5.91 Å². The van der Waals surface area contributed by atoms with Crippen LogP contribution in [0.3, 0.4) is 0 Å². The number of hydrogen-bond donors (Lipinski definition) is 1. The zero-order valence-electron chi connectivity index (χ0n) is 10.6. The Morgan fingerprint density at radius 1 is 1.37 bits per heavy atom. The number of amides is 1. The predicted molar refractivity (Wildman–Crippen MR) is 65.9 cm³/mol. The Hall–Kier alpha value is -2.11. The van der Waals surface area contributed by atoms with Gasteiger partial charge in [0, 0.05) is 12.6 Å².